The minimum atomic E-state index is -3.70. The molecule has 1 amide bonds. The van der Waals surface area contributed by atoms with E-state index in [1.54, 1.807) is 29.0 Å². The molecule has 0 saturated heterocycles. The lowest BCUT2D eigenvalue weighted by atomic mass is 10.2. The predicted molar refractivity (Wildman–Crippen MR) is 133 cm³/mol. The Morgan fingerprint density at radius 2 is 1.65 bits per heavy atom. The third kappa shape index (κ3) is 5.02. The summed E-state index contributed by atoms with van der Waals surface area (Å²) in [6, 6.07) is 11.9. The van der Waals surface area contributed by atoms with Crippen molar-refractivity contribution in [3.8, 4) is 5.75 Å². The first kappa shape index (κ1) is 25.5. The van der Waals surface area contributed by atoms with Crippen LogP contribution >= 0.6 is 0 Å². The molecule has 0 aliphatic heterocycles. The molecule has 0 bridgehead atoms. The van der Waals surface area contributed by atoms with Gasteiger partial charge in [-0.3, -0.25) is 13.9 Å². The van der Waals surface area contributed by atoms with E-state index in [1.165, 1.54) is 16.4 Å². The fraction of sp³-hybridized carbons (Fsp3) is 0.417. The summed E-state index contributed by atoms with van der Waals surface area (Å²) in [6.07, 6.45) is 0.0379. The van der Waals surface area contributed by atoms with Crippen LogP contribution in [0.3, 0.4) is 0 Å². The number of carbonyl (C=O) groups is 1. The molecule has 0 aliphatic rings. The van der Waals surface area contributed by atoms with Crippen molar-refractivity contribution >= 4 is 32.7 Å². The average Bonchev–Trinajstić information content (AvgIpc) is 3.09. The second-order valence-corrected chi connectivity index (χ2v) is 9.58. The zero-order valence-corrected chi connectivity index (χ0v) is 20.9. The second-order valence-electron chi connectivity index (χ2n) is 7.65. The molecular weight excluding hydrogens is 456 g/mol. The zero-order chi connectivity index (χ0) is 24.9. The molecule has 0 saturated carbocycles. The molecule has 0 unspecified atom stereocenters. The highest BCUT2D eigenvalue weighted by molar-refractivity contribution is 7.89. The second kappa shape index (κ2) is 10.9. The molecule has 9 nitrogen and oxygen atoms in total. The van der Waals surface area contributed by atoms with E-state index in [-0.39, 0.29) is 35.1 Å². The van der Waals surface area contributed by atoms with Gasteiger partial charge in [-0.25, -0.2) is 13.2 Å². The number of anilines is 1. The molecule has 34 heavy (non-hydrogen) atoms. The summed E-state index contributed by atoms with van der Waals surface area (Å²) in [7, 11) is -3.70. The number of aryl methyl sites for hydroxylation is 2. The predicted octanol–water partition coefficient (Wildman–Crippen LogP) is 3.28. The number of fused-ring (bicyclic) bond motifs is 1. The SMILES string of the molecule is CCOc1ccc(S(=O)(=O)N(CC)CC)cc1NC(=O)CCn1c(=O)n(CC)c2ccccc21. The van der Waals surface area contributed by atoms with Gasteiger partial charge >= 0.3 is 5.69 Å². The number of carbonyl (C=O) groups excluding carboxylic acids is 1. The number of aromatic nitrogens is 2. The van der Waals surface area contributed by atoms with Crippen LogP contribution in [0.1, 0.15) is 34.1 Å². The quantitative estimate of drug-likeness (QED) is 0.446. The first-order valence-corrected chi connectivity index (χ1v) is 13.0. The molecular formula is C24H32N4O5S. The van der Waals surface area contributed by atoms with Crippen molar-refractivity contribution < 1.29 is 17.9 Å². The van der Waals surface area contributed by atoms with Crippen LogP contribution in [0.4, 0.5) is 5.69 Å². The fourth-order valence-corrected chi connectivity index (χ4v) is 5.47. The van der Waals surface area contributed by atoms with Crippen LogP contribution in [0.2, 0.25) is 0 Å². The van der Waals surface area contributed by atoms with Crippen molar-refractivity contribution in [2.45, 2.75) is 52.1 Å². The molecule has 0 aliphatic carbocycles. The van der Waals surface area contributed by atoms with Gasteiger partial charge in [-0.1, -0.05) is 26.0 Å². The van der Waals surface area contributed by atoms with Crippen LogP contribution in [-0.2, 0) is 27.9 Å². The van der Waals surface area contributed by atoms with E-state index in [2.05, 4.69) is 5.32 Å². The molecule has 184 valence electrons. The first-order chi connectivity index (χ1) is 16.3. The topological polar surface area (TPSA) is 103 Å². The van der Waals surface area contributed by atoms with Crippen molar-refractivity contribution in [3.05, 3.63) is 52.9 Å². The lowest BCUT2D eigenvalue weighted by molar-refractivity contribution is -0.116. The third-order valence-electron chi connectivity index (χ3n) is 5.67. The van der Waals surface area contributed by atoms with Crippen molar-refractivity contribution in [3.63, 3.8) is 0 Å². The van der Waals surface area contributed by atoms with Crippen molar-refractivity contribution in [2.24, 2.45) is 0 Å². The maximum Gasteiger partial charge on any atom is 0.329 e. The van der Waals surface area contributed by atoms with E-state index < -0.39 is 10.0 Å². The number of nitrogens with zero attached hydrogens (tertiary/aromatic N) is 3. The van der Waals surface area contributed by atoms with E-state index in [9.17, 15) is 18.0 Å². The molecule has 0 radical (unpaired) electrons. The van der Waals surface area contributed by atoms with Gasteiger partial charge in [-0.2, -0.15) is 4.31 Å². The van der Waals surface area contributed by atoms with Gasteiger partial charge in [-0.15, -0.1) is 0 Å². The highest BCUT2D eigenvalue weighted by Gasteiger charge is 2.23. The molecule has 2 aromatic carbocycles. The number of nitrogens with one attached hydrogen (secondary N) is 1. The van der Waals surface area contributed by atoms with Crippen molar-refractivity contribution in [1.82, 2.24) is 13.4 Å². The Morgan fingerprint density at radius 3 is 2.24 bits per heavy atom. The van der Waals surface area contributed by atoms with Gasteiger partial charge in [0.05, 0.1) is 28.2 Å². The Kier molecular flexibility index (Phi) is 8.16. The zero-order valence-electron chi connectivity index (χ0n) is 20.1. The number of ether oxygens (including phenoxy) is 1. The molecule has 1 aromatic heterocycles. The van der Waals surface area contributed by atoms with E-state index in [0.29, 0.717) is 32.0 Å². The lowest BCUT2D eigenvalue weighted by Crippen LogP contribution is -2.30. The summed E-state index contributed by atoms with van der Waals surface area (Å²) in [6.45, 7) is 9.02. The Labute approximate surface area is 200 Å². The van der Waals surface area contributed by atoms with Gasteiger partial charge in [0.2, 0.25) is 15.9 Å². The maximum absolute atomic E-state index is 12.9. The first-order valence-electron chi connectivity index (χ1n) is 11.5. The summed E-state index contributed by atoms with van der Waals surface area (Å²) in [5, 5.41) is 2.77. The summed E-state index contributed by atoms with van der Waals surface area (Å²) in [5.74, 6) is 0.0349. The smallest absolute Gasteiger partial charge is 0.329 e. The van der Waals surface area contributed by atoms with Crippen LogP contribution in [-0.4, -0.2) is 47.5 Å². The van der Waals surface area contributed by atoms with E-state index in [1.807, 2.05) is 38.1 Å². The van der Waals surface area contributed by atoms with Gasteiger partial charge in [0.1, 0.15) is 5.75 Å². The lowest BCUT2D eigenvalue weighted by Gasteiger charge is -2.20. The number of imidazole rings is 1. The highest BCUT2D eigenvalue weighted by Crippen LogP contribution is 2.29. The summed E-state index contributed by atoms with van der Waals surface area (Å²) < 4.78 is 36.1. The van der Waals surface area contributed by atoms with Crippen molar-refractivity contribution in [2.75, 3.05) is 25.0 Å². The Morgan fingerprint density at radius 1 is 1.00 bits per heavy atom. The van der Waals surface area contributed by atoms with Gasteiger partial charge < -0.3 is 10.1 Å². The Hall–Kier alpha value is -3.11. The summed E-state index contributed by atoms with van der Waals surface area (Å²) >= 11 is 0. The molecule has 3 rings (SSSR count). The minimum Gasteiger partial charge on any atom is -0.492 e. The maximum atomic E-state index is 12.9. The molecule has 0 fully saturated rings. The van der Waals surface area contributed by atoms with Gasteiger partial charge in [0.15, 0.2) is 0 Å². The molecule has 1 heterocycles. The van der Waals surface area contributed by atoms with Gasteiger partial charge in [-0.05, 0) is 44.2 Å². The van der Waals surface area contributed by atoms with Crippen LogP contribution in [0.25, 0.3) is 11.0 Å². The molecule has 10 heteroatoms. The average molecular weight is 489 g/mol. The Balaban J connectivity index is 1.85. The largest absolute Gasteiger partial charge is 0.492 e. The number of rotatable bonds is 11. The van der Waals surface area contributed by atoms with Crippen LogP contribution in [0.15, 0.2) is 52.2 Å². The molecule has 0 spiro atoms. The monoisotopic (exact) mass is 488 g/mol. The van der Waals surface area contributed by atoms with Gasteiger partial charge in [0, 0.05) is 32.6 Å². The molecule has 1 N–H and O–H groups in total. The number of sulfonamides is 1. The number of hydrogen-bond acceptors (Lipinski definition) is 5. The van der Waals surface area contributed by atoms with Crippen LogP contribution < -0.4 is 15.7 Å². The number of benzene rings is 2. The van der Waals surface area contributed by atoms with Gasteiger partial charge in [0.25, 0.3) is 0 Å². The normalized spacial score (nSPS) is 11.8. The number of amides is 1. The van der Waals surface area contributed by atoms with Crippen LogP contribution in [0, 0.1) is 0 Å². The third-order valence-corrected chi connectivity index (χ3v) is 7.72. The number of para-hydroxylation sites is 2. The summed E-state index contributed by atoms with van der Waals surface area (Å²) in [4.78, 5) is 25.7. The van der Waals surface area contributed by atoms with E-state index in [0.717, 1.165) is 11.0 Å². The standard InChI is InChI=1S/C24H32N4O5S/c1-5-26(6-2)34(31,32)18-13-14-22(33-8-4)19(17-18)25-23(29)15-16-28-21-12-10-9-11-20(21)27(7-3)24(28)30/h9-14,17H,5-8,15-16H2,1-4H3,(H,25,29). The minimum absolute atomic E-state index is 0.0379. The fourth-order valence-electron chi connectivity index (χ4n) is 3.98. The van der Waals surface area contributed by atoms with E-state index >= 15 is 0 Å². The van der Waals surface area contributed by atoms with E-state index in [4.69, 9.17) is 4.74 Å². The summed E-state index contributed by atoms with van der Waals surface area (Å²) in [5.41, 5.74) is 1.70. The Bertz CT molecular complexity index is 1320. The highest BCUT2D eigenvalue weighted by atomic mass is 32.2. The van der Waals surface area contributed by atoms with Crippen LogP contribution in [0.5, 0.6) is 5.75 Å². The van der Waals surface area contributed by atoms with Crippen molar-refractivity contribution in [1.29, 1.82) is 0 Å². The number of hydrogen-bond donors (Lipinski definition) is 1. The molecule has 0 atom stereocenters. The molecule has 3 aromatic rings.